The van der Waals surface area contributed by atoms with Gasteiger partial charge in [-0.2, -0.15) is 0 Å². The number of benzene rings is 1. The summed E-state index contributed by atoms with van der Waals surface area (Å²) in [5.74, 6) is 3.47. The topological polar surface area (TPSA) is 41.0 Å². The second-order valence-electron chi connectivity index (χ2n) is 5.56. The number of aromatic nitrogens is 2. The molecule has 0 saturated carbocycles. The third-order valence-corrected chi connectivity index (χ3v) is 3.97. The van der Waals surface area contributed by atoms with Gasteiger partial charge in [0.25, 0.3) is 0 Å². The molecule has 3 rings (SSSR count). The molecule has 0 bridgehead atoms. The van der Waals surface area contributed by atoms with Crippen molar-refractivity contribution >= 4 is 5.95 Å². The van der Waals surface area contributed by atoms with Gasteiger partial charge in [0.1, 0.15) is 0 Å². The molecule has 0 spiro atoms. The van der Waals surface area contributed by atoms with Crippen molar-refractivity contribution in [2.45, 2.75) is 25.4 Å². The van der Waals surface area contributed by atoms with Gasteiger partial charge in [0.2, 0.25) is 5.95 Å². The van der Waals surface area contributed by atoms with E-state index in [1.54, 1.807) is 12.4 Å². The number of terminal acetylenes is 1. The Balaban J connectivity index is 1.55. The van der Waals surface area contributed by atoms with Crippen LogP contribution in [-0.4, -0.2) is 29.1 Å². The van der Waals surface area contributed by atoms with E-state index in [1.807, 2.05) is 18.2 Å². The van der Waals surface area contributed by atoms with E-state index < -0.39 is 0 Å². The molecule has 2 heterocycles. The maximum atomic E-state index is 5.38. The van der Waals surface area contributed by atoms with Crippen LogP contribution in [0.15, 0.2) is 42.7 Å². The number of nitrogens with one attached hydrogen (secondary N) is 1. The van der Waals surface area contributed by atoms with Crippen LogP contribution in [0.5, 0.6) is 0 Å². The van der Waals surface area contributed by atoms with Gasteiger partial charge in [-0.25, -0.2) is 9.97 Å². The molecular weight excluding hydrogens is 272 g/mol. The van der Waals surface area contributed by atoms with Gasteiger partial charge in [-0.3, -0.25) is 0 Å². The van der Waals surface area contributed by atoms with Crippen LogP contribution in [0.4, 0.5) is 5.95 Å². The predicted octanol–water partition coefficient (Wildman–Crippen LogP) is 2.22. The van der Waals surface area contributed by atoms with Gasteiger partial charge in [0.05, 0.1) is 0 Å². The summed E-state index contributed by atoms with van der Waals surface area (Å²) in [6.45, 7) is 2.84. The lowest BCUT2D eigenvalue weighted by Gasteiger charge is -2.33. The fraction of sp³-hybridized carbons (Fsp3) is 0.333. The number of nitrogens with zero attached hydrogens (tertiary/aromatic N) is 3. The van der Waals surface area contributed by atoms with Gasteiger partial charge < -0.3 is 10.2 Å². The van der Waals surface area contributed by atoms with E-state index in [1.165, 1.54) is 12.0 Å². The van der Waals surface area contributed by atoms with Gasteiger partial charge in [-0.15, -0.1) is 6.42 Å². The van der Waals surface area contributed by atoms with E-state index in [-0.39, 0.29) is 0 Å². The Morgan fingerprint density at radius 1 is 1.23 bits per heavy atom. The second kappa shape index (κ2) is 7.06. The number of rotatable bonds is 4. The molecule has 0 amide bonds. The summed E-state index contributed by atoms with van der Waals surface area (Å²) in [6.07, 6.45) is 11.3. The first-order valence-corrected chi connectivity index (χ1v) is 7.66. The largest absolute Gasteiger partial charge is 0.339 e. The van der Waals surface area contributed by atoms with E-state index in [0.29, 0.717) is 6.04 Å². The Kier molecular flexibility index (Phi) is 4.67. The van der Waals surface area contributed by atoms with Gasteiger partial charge in [0, 0.05) is 43.6 Å². The van der Waals surface area contributed by atoms with Crippen LogP contribution in [0.25, 0.3) is 0 Å². The second-order valence-corrected chi connectivity index (χ2v) is 5.56. The first-order valence-electron chi connectivity index (χ1n) is 7.66. The summed E-state index contributed by atoms with van der Waals surface area (Å²) in [7, 11) is 0. The van der Waals surface area contributed by atoms with Crippen molar-refractivity contribution < 1.29 is 0 Å². The monoisotopic (exact) mass is 292 g/mol. The molecule has 1 N–H and O–H groups in total. The first kappa shape index (κ1) is 14.6. The average Bonchev–Trinajstić information content (AvgIpc) is 2.61. The van der Waals surface area contributed by atoms with Crippen molar-refractivity contribution in [1.82, 2.24) is 15.3 Å². The summed E-state index contributed by atoms with van der Waals surface area (Å²) < 4.78 is 0. The Morgan fingerprint density at radius 3 is 2.73 bits per heavy atom. The highest BCUT2D eigenvalue weighted by Gasteiger charge is 2.20. The van der Waals surface area contributed by atoms with Gasteiger partial charge >= 0.3 is 0 Å². The van der Waals surface area contributed by atoms with Gasteiger partial charge in [-0.1, -0.05) is 18.1 Å². The van der Waals surface area contributed by atoms with Crippen molar-refractivity contribution in [1.29, 1.82) is 0 Å². The van der Waals surface area contributed by atoms with E-state index in [2.05, 4.69) is 38.2 Å². The average molecular weight is 292 g/mol. The smallest absolute Gasteiger partial charge is 0.225 e. The molecule has 112 valence electrons. The minimum atomic E-state index is 0.463. The minimum absolute atomic E-state index is 0.463. The Labute approximate surface area is 131 Å². The molecule has 1 aliphatic rings. The number of hydrogen-bond acceptors (Lipinski definition) is 4. The van der Waals surface area contributed by atoms with Crippen LogP contribution >= 0.6 is 0 Å². The fourth-order valence-electron chi connectivity index (χ4n) is 2.76. The highest BCUT2D eigenvalue weighted by Crippen LogP contribution is 2.15. The number of hydrogen-bond donors (Lipinski definition) is 1. The molecule has 4 heteroatoms. The summed E-state index contributed by atoms with van der Waals surface area (Å²) >= 11 is 0. The summed E-state index contributed by atoms with van der Waals surface area (Å²) in [5.41, 5.74) is 2.18. The molecule has 1 aromatic heterocycles. The SMILES string of the molecule is C#Cc1ccc(CN[C@@H]2CCCN(c3ncccn3)C2)cc1. The zero-order valence-electron chi connectivity index (χ0n) is 12.6. The van der Waals surface area contributed by atoms with Crippen molar-refractivity contribution in [2.75, 3.05) is 18.0 Å². The molecule has 22 heavy (non-hydrogen) atoms. The van der Waals surface area contributed by atoms with E-state index in [9.17, 15) is 0 Å². The highest BCUT2D eigenvalue weighted by molar-refractivity contribution is 5.34. The lowest BCUT2D eigenvalue weighted by atomic mass is 10.1. The number of anilines is 1. The van der Waals surface area contributed by atoms with Crippen LogP contribution in [0.1, 0.15) is 24.0 Å². The molecule has 0 aliphatic carbocycles. The molecular formula is C18H20N4. The fourth-order valence-corrected chi connectivity index (χ4v) is 2.76. The minimum Gasteiger partial charge on any atom is -0.339 e. The van der Waals surface area contributed by atoms with Crippen LogP contribution < -0.4 is 10.2 Å². The normalized spacial score (nSPS) is 18.0. The standard InChI is InChI=1S/C18H20N4/c1-2-15-6-8-16(9-7-15)13-21-17-5-3-12-22(14-17)18-19-10-4-11-20-18/h1,4,6-11,17,21H,3,5,12-14H2/t17-/m1/s1. The molecule has 1 aromatic carbocycles. The maximum absolute atomic E-state index is 5.38. The molecule has 1 atom stereocenters. The Bertz CT molecular complexity index is 630. The zero-order valence-corrected chi connectivity index (χ0v) is 12.6. The van der Waals surface area contributed by atoms with Crippen LogP contribution in [0.2, 0.25) is 0 Å². The van der Waals surface area contributed by atoms with Crippen LogP contribution in [0.3, 0.4) is 0 Å². The lowest BCUT2D eigenvalue weighted by Crippen LogP contribution is -2.46. The zero-order chi connectivity index (χ0) is 15.2. The molecule has 0 radical (unpaired) electrons. The van der Waals surface area contributed by atoms with Crippen molar-refractivity contribution in [3.05, 3.63) is 53.9 Å². The first-order chi connectivity index (χ1) is 10.8. The van der Waals surface area contributed by atoms with E-state index >= 15 is 0 Å². The Morgan fingerprint density at radius 2 is 2.00 bits per heavy atom. The third kappa shape index (κ3) is 3.63. The molecule has 1 saturated heterocycles. The summed E-state index contributed by atoms with van der Waals surface area (Å²) in [4.78, 5) is 10.9. The van der Waals surface area contributed by atoms with Gasteiger partial charge in [0.15, 0.2) is 0 Å². The molecule has 0 unspecified atom stereocenters. The lowest BCUT2D eigenvalue weighted by molar-refractivity contribution is 0.418. The van der Waals surface area contributed by atoms with E-state index in [4.69, 9.17) is 6.42 Å². The maximum Gasteiger partial charge on any atom is 0.225 e. The van der Waals surface area contributed by atoms with Gasteiger partial charge in [-0.05, 0) is 36.6 Å². The van der Waals surface area contributed by atoms with Crippen molar-refractivity contribution in [3.63, 3.8) is 0 Å². The quantitative estimate of drug-likeness (QED) is 0.877. The molecule has 4 nitrogen and oxygen atoms in total. The molecule has 2 aromatic rings. The van der Waals surface area contributed by atoms with Crippen molar-refractivity contribution in [3.8, 4) is 12.3 Å². The van der Waals surface area contributed by atoms with Crippen LogP contribution in [-0.2, 0) is 6.54 Å². The third-order valence-electron chi connectivity index (χ3n) is 3.97. The molecule has 1 fully saturated rings. The van der Waals surface area contributed by atoms with Crippen molar-refractivity contribution in [2.24, 2.45) is 0 Å². The predicted molar refractivity (Wildman–Crippen MR) is 88.5 cm³/mol. The summed E-state index contributed by atoms with van der Waals surface area (Å²) in [5, 5.41) is 3.63. The van der Waals surface area contributed by atoms with E-state index in [0.717, 1.165) is 37.6 Å². The Hall–Kier alpha value is -2.38. The highest BCUT2D eigenvalue weighted by atomic mass is 15.3. The van der Waals surface area contributed by atoms with Crippen LogP contribution in [0, 0.1) is 12.3 Å². The number of piperidine rings is 1. The molecule has 1 aliphatic heterocycles. The summed E-state index contributed by atoms with van der Waals surface area (Å²) in [6, 6.07) is 10.5.